The number of nitrogens with zero attached hydrogens (tertiary/aromatic N) is 1. The largest absolute Gasteiger partial charge is 0.381 e. The predicted octanol–water partition coefficient (Wildman–Crippen LogP) is 2.55. The highest BCUT2D eigenvalue weighted by atomic mass is 16.5. The Kier molecular flexibility index (Phi) is 6.32. The van der Waals surface area contributed by atoms with Crippen LogP contribution in [0.1, 0.15) is 23.2 Å². The maximum Gasteiger partial charge on any atom is 0.251 e. The molecule has 128 valence electrons. The van der Waals surface area contributed by atoms with Gasteiger partial charge in [0, 0.05) is 38.1 Å². The Morgan fingerprint density at radius 1 is 1.29 bits per heavy atom. The molecule has 0 radical (unpaired) electrons. The van der Waals surface area contributed by atoms with Crippen molar-refractivity contribution in [3.63, 3.8) is 0 Å². The molecule has 1 fully saturated rings. The summed E-state index contributed by atoms with van der Waals surface area (Å²) in [6, 6.07) is 6.89. The van der Waals surface area contributed by atoms with E-state index in [2.05, 4.69) is 18.5 Å². The van der Waals surface area contributed by atoms with E-state index >= 15 is 0 Å². The van der Waals surface area contributed by atoms with E-state index in [1.54, 1.807) is 31.3 Å². The fraction of sp³-hybridized carbons (Fsp3) is 0.368. The number of carbonyl (C=O) groups is 2. The van der Waals surface area contributed by atoms with Crippen molar-refractivity contribution in [2.75, 3.05) is 31.7 Å². The second kappa shape index (κ2) is 8.45. The topological polar surface area (TPSA) is 58.6 Å². The highest BCUT2D eigenvalue weighted by Gasteiger charge is 2.17. The van der Waals surface area contributed by atoms with Gasteiger partial charge in [0.05, 0.1) is 0 Å². The van der Waals surface area contributed by atoms with Crippen molar-refractivity contribution in [2.24, 2.45) is 5.92 Å². The SMILES string of the molecule is C=CC(=O)N(C)c1ccc(C(=O)NCC(=C)C2CCOCC2)cc1. The Labute approximate surface area is 143 Å². The number of hydrogen-bond donors (Lipinski definition) is 1. The molecular weight excluding hydrogens is 304 g/mol. The van der Waals surface area contributed by atoms with E-state index in [-0.39, 0.29) is 11.8 Å². The molecule has 1 aromatic carbocycles. The monoisotopic (exact) mass is 328 g/mol. The first kappa shape index (κ1) is 17.9. The summed E-state index contributed by atoms with van der Waals surface area (Å²) in [6.07, 6.45) is 3.18. The molecule has 0 aliphatic carbocycles. The Hall–Kier alpha value is -2.40. The highest BCUT2D eigenvalue weighted by Crippen LogP contribution is 2.21. The molecule has 2 rings (SSSR count). The molecule has 1 saturated heterocycles. The number of likely N-dealkylation sites (N-methyl/N-ethyl adjacent to an activating group) is 1. The van der Waals surface area contributed by atoms with Crippen LogP contribution < -0.4 is 10.2 Å². The van der Waals surface area contributed by atoms with Crippen molar-refractivity contribution in [3.8, 4) is 0 Å². The lowest BCUT2D eigenvalue weighted by molar-refractivity contribution is -0.113. The summed E-state index contributed by atoms with van der Waals surface area (Å²) in [4.78, 5) is 25.3. The fourth-order valence-corrected chi connectivity index (χ4v) is 2.65. The quantitative estimate of drug-likeness (QED) is 0.645. The van der Waals surface area contributed by atoms with E-state index in [1.165, 1.54) is 11.0 Å². The second-order valence-electron chi connectivity index (χ2n) is 5.88. The van der Waals surface area contributed by atoms with E-state index in [4.69, 9.17) is 4.74 Å². The molecule has 5 nitrogen and oxygen atoms in total. The van der Waals surface area contributed by atoms with Crippen LogP contribution in [0.25, 0.3) is 0 Å². The van der Waals surface area contributed by atoms with Gasteiger partial charge in [0.25, 0.3) is 5.91 Å². The number of rotatable bonds is 6. The van der Waals surface area contributed by atoms with Crippen molar-refractivity contribution in [1.29, 1.82) is 0 Å². The van der Waals surface area contributed by atoms with E-state index in [0.717, 1.165) is 31.6 Å². The predicted molar refractivity (Wildman–Crippen MR) is 95.1 cm³/mol. The van der Waals surface area contributed by atoms with Crippen LogP contribution in [0.15, 0.2) is 49.1 Å². The minimum Gasteiger partial charge on any atom is -0.381 e. The maximum atomic E-state index is 12.2. The van der Waals surface area contributed by atoms with Crippen molar-refractivity contribution in [2.45, 2.75) is 12.8 Å². The smallest absolute Gasteiger partial charge is 0.251 e. The molecule has 0 spiro atoms. The van der Waals surface area contributed by atoms with Gasteiger partial charge in [-0.1, -0.05) is 18.7 Å². The molecule has 1 N–H and O–H groups in total. The summed E-state index contributed by atoms with van der Waals surface area (Å²) in [5.74, 6) is 0.0763. The Morgan fingerprint density at radius 3 is 2.50 bits per heavy atom. The summed E-state index contributed by atoms with van der Waals surface area (Å²) < 4.78 is 5.34. The molecule has 1 aromatic rings. The Bertz CT molecular complexity index is 616. The van der Waals surface area contributed by atoms with E-state index in [1.807, 2.05) is 0 Å². The highest BCUT2D eigenvalue weighted by molar-refractivity contribution is 6.01. The van der Waals surface area contributed by atoms with Crippen LogP contribution in [0, 0.1) is 5.92 Å². The molecule has 0 aromatic heterocycles. The zero-order valence-corrected chi connectivity index (χ0v) is 14.1. The molecule has 5 heteroatoms. The summed E-state index contributed by atoms with van der Waals surface area (Å²) in [5.41, 5.74) is 2.31. The van der Waals surface area contributed by atoms with Crippen LogP contribution in [0.5, 0.6) is 0 Å². The minimum absolute atomic E-state index is 0.146. The summed E-state index contributed by atoms with van der Waals surface area (Å²) in [7, 11) is 1.66. The van der Waals surface area contributed by atoms with Gasteiger partial charge in [0.2, 0.25) is 5.91 Å². The first-order valence-electron chi connectivity index (χ1n) is 8.06. The maximum absolute atomic E-state index is 12.2. The van der Waals surface area contributed by atoms with Crippen LogP contribution in [-0.2, 0) is 9.53 Å². The molecule has 1 aliphatic heterocycles. The summed E-state index contributed by atoms with van der Waals surface area (Å²) in [6.45, 7) is 9.54. The zero-order chi connectivity index (χ0) is 17.5. The average Bonchev–Trinajstić information content (AvgIpc) is 2.65. The molecule has 0 unspecified atom stereocenters. The van der Waals surface area contributed by atoms with Crippen LogP contribution >= 0.6 is 0 Å². The van der Waals surface area contributed by atoms with Crippen molar-refractivity contribution >= 4 is 17.5 Å². The molecule has 2 amide bonds. The van der Waals surface area contributed by atoms with Gasteiger partial charge in [-0.05, 0) is 49.1 Å². The molecule has 0 saturated carbocycles. The molecule has 1 heterocycles. The number of hydrogen-bond acceptors (Lipinski definition) is 3. The van der Waals surface area contributed by atoms with Crippen LogP contribution in [-0.4, -0.2) is 38.6 Å². The minimum atomic E-state index is -0.194. The summed E-state index contributed by atoms with van der Waals surface area (Å²) in [5, 5.41) is 2.90. The Morgan fingerprint density at radius 2 is 1.92 bits per heavy atom. The number of ether oxygens (including phenoxy) is 1. The first-order chi connectivity index (χ1) is 11.5. The van der Waals surface area contributed by atoms with Gasteiger partial charge in [-0.3, -0.25) is 9.59 Å². The van der Waals surface area contributed by atoms with Gasteiger partial charge in [-0.2, -0.15) is 0 Å². The average molecular weight is 328 g/mol. The third-order valence-electron chi connectivity index (χ3n) is 4.30. The number of amides is 2. The van der Waals surface area contributed by atoms with Gasteiger partial charge >= 0.3 is 0 Å². The van der Waals surface area contributed by atoms with Gasteiger partial charge < -0.3 is 15.0 Å². The van der Waals surface area contributed by atoms with Crippen molar-refractivity contribution < 1.29 is 14.3 Å². The zero-order valence-electron chi connectivity index (χ0n) is 14.1. The van der Waals surface area contributed by atoms with Crippen LogP contribution in [0.3, 0.4) is 0 Å². The molecule has 0 atom stereocenters. The first-order valence-corrected chi connectivity index (χ1v) is 8.06. The Balaban J connectivity index is 1.89. The standard InChI is InChI=1S/C19H24N2O3/c1-4-18(22)21(3)17-7-5-16(6-8-17)19(23)20-13-14(2)15-9-11-24-12-10-15/h4-8,15H,1-2,9-13H2,3H3,(H,20,23). The third kappa shape index (κ3) is 4.55. The molecular formula is C19H24N2O3. The summed E-state index contributed by atoms with van der Waals surface area (Å²) >= 11 is 0. The van der Waals surface area contributed by atoms with E-state index < -0.39 is 0 Å². The number of carbonyl (C=O) groups excluding carboxylic acids is 2. The van der Waals surface area contributed by atoms with Crippen molar-refractivity contribution in [1.82, 2.24) is 5.32 Å². The fourth-order valence-electron chi connectivity index (χ4n) is 2.65. The lowest BCUT2D eigenvalue weighted by Crippen LogP contribution is -2.29. The number of anilines is 1. The van der Waals surface area contributed by atoms with Crippen molar-refractivity contribution in [3.05, 3.63) is 54.6 Å². The van der Waals surface area contributed by atoms with E-state index in [0.29, 0.717) is 23.7 Å². The number of nitrogens with one attached hydrogen (secondary N) is 1. The van der Waals surface area contributed by atoms with Crippen LogP contribution in [0.2, 0.25) is 0 Å². The lowest BCUT2D eigenvalue weighted by atomic mass is 9.92. The van der Waals surface area contributed by atoms with E-state index in [9.17, 15) is 9.59 Å². The van der Waals surface area contributed by atoms with Crippen LogP contribution in [0.4, 0.5) is 5.69 Å². The third-order valence-corrected chi connectivity index (χ3v) is 4.30. The molecule has 24 heavy (non-hydrogen) atoms. The van der Waals surface area contributed by atoms with Gasteiger partial charge in [-0.15, -0.1) is 0 Å². The molecule has 1 aliphatic rings. The lowest BCUT2D eigenvalue weighted by Gasteiger charge is -2.24. The second-order valence-corrected chi connectivity index (χ2v) is 5.88. The molecule has 0 bridgehead atoms. The normalized spacial score (nSPS) is 14.7. The van der Waals surface area contributed by atoms with Gasteiger partial charge in [0.15, 0.2) is 0 Å². The van der Waals surface area contributed by atoms with Gasteiger partial charge in [-0.25, -0.2) is 0 Å². The van der Waals surface area contributed by atoms with Gasteiger partial charge in [0.1, 0.15) is 0 Å². The number of benzene rings is 1.